The molecule has 0 fully saturated rings. The second-order valence-electron chi connectivity index (χ2n) is 3.87. The van der Waals surface area contributed by atoms with Gasteiger partial charge < -0.3 is 4.57 Å². The van der Waals surface area contributed by atoms with Gasteiger partial charge in [-0.1, -0.05) is 0 Å². The third kappa shape index (κ3) is 1.98. The Balaban J connectivity index is 2.42. The SMILES string of the molecule is Cc1c(/C=N\n2c(C)n[nH]c2=S)cc(C#N)n1C. The Morgan fingerprint density at radius 2 is 2.28 bits per heavy atom. The molecule has 0 bridgehead atoms. The average molecular weight is 260 g/mol. The molecule has 0 aliphatic rings. The molecule has 1 N–H and O–H groups in total. The summed E-state index contributed by atoms with van der Waals surface area (Å²) in [6.07, 6.45) is 1.68. The fourth-order valence-electron chi connectivity index (χ4n) is 1.59. The molecule has 0 aliphatic heterocycles. The van der Waals surface area contributed by atoms with Gasteiger partial charge in [0, 0.05) is 18.3 Å². The van der Waals surface area contributed by atoms with Crippen molar-refractivity contribution in [3.63, 3.8) is 0 Å². The van der Waals surface area contributed by atoms with Crippen LogP contribution in [0.2, 0.25) is 0 Å². The molecule has 7 heteroatoms. The van der Waals surface area contributed by atoms with E-state index in [0.717, 1.165) is 11.3 Å². The van der Waals surface area contributed by atoms with Crippen LogP contribution in [0.3, 0.4) is 0 Å². The predicted molar refractivity (Wildman–Crippen MR) is 70.0 cm³/mol. The van der Waals surface area contributed by atoms with Crippen LogP contribution in [0.4, 0.5) is 0 Å². The fourth-order valence-corrected chi connectivity index (χ4v) is 1.81. The Bertz CT molecular complexity index is 709. The molecule has 0 amide bonds. The second-order valence-corrected chi connectivity index (χ2v) is 4.26. The monoisotopic (exact) mass is 260 g/mol. The van der Waals surface area contributed by atoms with Crippen LogP contribution in [0, 0.1) is 29.9 Å². The van der Waals surface area contributed by atoms with Crippen LogP contribution in [0.5, 0.6) is 0 Å². The number of aryl methyl sites for hydroxylation is 1. The number of aromatic amines is 1. The van der Waals surface area contributed by atoms with E-state index >= 15 is 0 Å². The van der Waals surface area contributed by atoms with Crippen molar-refractivity contribution < 1.29 is 0 Å². The minimum Gasteiger partial charge on any atom is -0.339 e. The molecular formula is C11H12N6S. The second kappa shape index (κ2) is 4.58. The van der Waals surface area contributed by atoms with Crippen molar-refractivity contribution in [2.24, 2.45) is 12.1 Å². The minimum absolute atomic E-state index is 0.442. The van der Waals surface area contributed by atoms with E-state index in [-0.39, 0.29) is 0 Å². The van der Waals surface area contributed by atoms with Gasteiger partial charge in [0.05, 0.1) is 6.21 Å². The third-order valence-corrected chi connectivity index (χ3v) is 3.08. The first-order chi connectivity index (χ1) is 8.54. The largest absolute Gasteiger partial charge is 0.339 e. The van der Waals surface area contributed by atoms with Crippen molar-refractivity contribution in [2.45, 2.75) is 13.8 Å². The molecule has 2 heterocycles. The molecule has 2 aromatic heterocycles. The Morgan fingerprint density at radius 3 is 2.78 bits per heavy atom. The smallest absolute Gasteiger partial charge is 0.216 e. The van der Waals surface area contributed by atoms with Gasteiger partial charge in [0.25, 0.3) is 0 Å². The van der Waals surface area contributed by atoms with Gasteiger partial charge >= 0.3 is 0 Å². The zero-order valence-corrected chi connectivity index (χ0v) is 11.1. The van der Waals surface area contributed by atoms with Gasteiger partial charge in [-0.3, -0.25) is 5.10 Å². The van der Waals surface area contributed by atoms with E-state index in [1.807, 2.05) is 25.5 Å². The maximum Gasteiger partial charge on any atom is 0.216 e. The number of aromatic nitrogens is 4. The minimum atomic E-state index is 0.442. The Morgan fingerprint density at radius 1 is 1.56 bits per heavy atom. The lowest BCUT2D eigenvalue weighted by atomic mass is 10.3. The Hall–Kier alpha value is -2.20. The standard InChI is InChI=1S/C11H12N6S/c1-7-9(4-10(5-12)16(7)3)6-13-17-8(2)14-15-11(17)18/h4,6H,1-3H3,(H,15,18)/b13-6-. The number of hydrogen-bond acceptors (Lipinski definition) is 4. The molecule has 6 nitrogen and oxygen atoms in total. The number of nitrogens with zero attached hydrogens (tertiary/aromatic N) is 5. The van der Waals surface area contributed by atoms with E-state index in [0.29, 0.717) is 16.3 Å². The molecule has 0 unspecified atom stereocenters. The summed E-state index contributed by atoms with van der Waals surface area (Å²) in [6, 6.07) is 3.92. The van der Waals surface area contributed by atoms with E-state index in [9.17, 15) is 0 Å². The predicted octanol–water partition coefficient (Wildman–Crippen LogP) is 1.65. The van der Waals surface area contributed by atoms with E-state index in [1.54, 1.807) is 12.3 Å². The van der Waals surface area contributed by atoms with Gasteiger partial charge in [-0.05, 0) is 32.1 Å². The van der Waals surface area contributed by atoms with Crippen LogP contribution in [-0.2, 0) is 7.05 Å². The highest BCUT2D eigenvalue weighted by atomic mass is 32.1. The van der Waals surface area contributed by atoms with Crippen LogP contribution in [0.15, 0.2) is 11.2 Å². The summed E-state index contributed by atoms with van der Waals surface area (Å²) in [4.78, 5) is 0. The lowest BCUT2D eigenvalue weighted by molar-refractivity contribution is 0.820. The highest BCUT2D eigenvalue weighted by Gasteiger charge is 2.06. The molecule has 2 aromatic rings. The fraction of sp³-hybridized carbons (Fsp3) is 0.273. The zero-order valence-electron chi connectivity index (χ0n) is 10.3. The van der Waals surface area contributed by atoms with Crippen LogP contribution in [0.1, 0.15) is 22.8 Å². The highest BCUT2D eigenvalue weighted by molar-refractivity contribution is 7.71. The summed E-state index contributed by atoms with van der Waals surface area (Å²) in [5.74, 6) is 0.686. The van der Waals surface area contributed by atoms with Crippen LogP contribution >= 0.6 is 12.2 Å². The van der Waals surface area contributed by atoms with Crippen LogP contribution < -0.4 is 0 Å². The van der Waals surface area contributed by atoms with Gasteiger partial charge in [-0.2, -0.15) is 20.1 Å². The van der Waals surface area contributed by atoms with E-state index in [2.05, 4.69) is 21.4 Å². The molecule has 0 aromatic carbocycles. The van der Waals surface area contributed by atoms with Gasteiger partial charge in [0.1, 0.15) is 17.6 Å². The number of rotatable bonds is 2. The summed E-state index contributed by atoms with van der Waals surface area (Å²) in [7, 11) is 1.85. The maximum absolute atomic E-state index is 8.94. The molecule has 0 saturated heterocycles. The van der Waals surface area contributed by atoms with Gasteiger partial charge in [-0.25, -0.2) is 0 Å². The van der Waals surface area contributed by atoms with Crippen LogP contribution in [0.25, 0.3) is 0 Å². The van der Waals surface area contributed by atoms with Crippen molar-refractivity contribution in [3.8, 4) is 6.07 Å². The third-order valence-electron chi connectivity index (χ3n) is 2.81. The first-order valence-electron chi connectivity index (χ1n) is 5.29. The number of nitrogens with one attached hydrogen (secondary N) is 1. The highest BCUT2D eigenvalue weighted by Crippen LogP contribution is 2.11. The van der Waals surface area contributed by atoms with Gasteiger partial charge in [0.2, 0.25) is 4.77 Å². The molecule has 0 radical (unpaired) electrons. The summed E-state index contributed by atoms with van der Waals surface area (Å²) >= 11 is 5.05. The van der Waals surface area contributed by atoms with Crippen molar-refractivity contribution in [2.75, 3.05) is 0 Å². The van der Waals surface area contributed by atoms with E-state index in [1.165, 1.54) is 4.68 Å². The van der Waals surface area contributed by atoms with Crippen molar-refractivity contribution >= 4 is 18.4 Å². The molecule has 92 valence electrons. The van der Waals surface area contributed by atoms with Crippen molar-refractivity contribution in [1.82, 2.24) is 19.4 Å². The number of H-pyrrole nitrogens is 1. The summed E-state index contributed by atoms with van der Waals surface area (Å²) in [6.45, 7) is 3.74. The van der Waals surface area contributed by atoms with Gasteiger partial charge in [0.15, 0.2) is 0 Å². The molecule has 18 heavy (non-hydrogen) atoms. The topological polar surface area (TPSA) is 74.7 Å². The molecule has 0 spiro atoms. The quantitative estimate of drug-likeness (QED) is 0.659. The van der Waals surface area contributed by atoms with Gasteiger partial charge in [-0.15, -0.1) is 0 Å². The number of nitriles is 1. The first kappa shape index (κ1) is 12.3. The lowest BCUT2D eigenvalue weighted by Crippen LogP contribution is -1.96. The average Bonchev–Trinajstić information content (AvgIpc) is 2.81. The normalized spacial score (nSPS) is 11.0. The first-order valence-corrected chi connectivity index (χ1v) is 5.70. The maximum atomic E-state index is 8.94. The molecule has 2 rings (SSSR count). The van der Waals surface area contributed by atoms with Crippen LogP contribution in [-0.4, -0.2) is 25.7 Å². The van der Waals surface area contributed by atoms with Crippen molar-refractivity contribution in [1.29, 1.82) is 5.26 Å². The van der Waals surface area contributed by atoms with E-state index < -0.39 is 0 Å². The molecular weight excluding hydrogens is 248 g/mol. The molecule has 0 saturated carbocycles. The Labute approximate surface area is 109 Å². The molecule has 0 atom stereocenters. The zero-order chi connectivity index (χ0) is 13.3. The summed E-state index contributed by atoms with van der Waals surface area (Å²) in [5.41, 5.74) is 2.46. The van der Waals surface area contributed by atoms with Crippen molar-refractivity contribution in [3.05, 3.63) is 33.6 Å². The Kier molecular flexibility index (Phi) is 3.12. The molecule has 0 aliphatic carbocycles. The van der Waals surface area contributed by atoms with E-state index in [4.69, 9.17) is 17.5 Å². The summed E-state index contributed by atoms with van der Waals surface area (Å²) < 4.78 is 3.80. The summed E-state index contributed by atoms with van der Waals surface area (Å²) in [5, 5.41) is 19.8. The lowest BCUT2D eigenvalue weighted by Gasteiger charge is -1.97. The number of hydrogen-bond donors (Lipinski definition) is 1.